The fourth-order valence-corrected chi connectivity index (χ4v) is 2.33. The monoisotopic (exact) mass is 265 g/mol. The number of aromatic amines is 1. The summed E-state index contributed by atoms with van der Waals surface area (Å²) < 4.78 is 0. The molecule has 1 aliphatic heterocycles. The van der Waals surface area contributed by atoms with Gasteiger partial charge in [-0.05, 0) is 45.3 Å². The fourth-order valence-electron chi connectivity index (χ4n) is 2.33. The standard InChI is InChI=1S/C13H23N5O/c1-3-4-11-15-12(17-16-11)13(19)14-9-10-5-7-18(2)8-6-10/h10H,3-9H2,1-2H3,(H,14,19)(H,15,16,17). The highest BCUT2D eigenvalue weighted by molar-refractivity contribution is 5.90. The summed E-state index contributed by atoms with van der Waals surface area (Å²) in [5.74, 6) is 1.45. The van der Waals surface area contributed by atoms with E-state index in [0.29, 0.717) is 5.92 Å². The van der Waals surface area contributed by atoms with Crippen molar-refractivity contribution >= 4 is 5.91 Å². The predicted molar refractivity (Wildman–Crippen MR) is 72.9 cm³/mol. The van der Waals surface area contributed by atoms with Crippen LogP contribution in [0.15, 0.2) is 0 Å². The van der Waals surface area contributed by atoms with Crippen LogP contribution >= 0.6 is 0 Å². The van der Waals surface area contributed by atoms with Crippen LogP contribution in [0.4, 0.5) is 0 Å². The third-order valence-electron chi connectivity index (χ3n) is 3.61. The number of nitrogens with zero attached hydrogens (tertiary/aromatic N) is 3. The lowest BCUT2D eigenvalue weighted by Crippen LogP contribution is -2.37. The highest BCUT2D eigenvalue weighted by Gasteiger charge is 2.18. The molecular formula is C13H23N5O. The van der Waals surface area contributed by atoms with Crippen LogP contribution in [-0.4, -0.2) is 52.7 Å². The normalized spacial score (nSPS) is 17.6. The van der Waals surface area contributed by atoms with Crippen LogP contribution in [0, 0.1) is 5.92 Å². The van der Waals surface area contributed by atoms with Gasteiger partial charge in [0.1, 0.15) is 5.82 Å². The molecule has 0 spiro atoms. The van der Waals surface area contributed by atoms with Gasteiger partial charge in [-0.15, -0.1) is 5.10 Å². The Hall–Kier alpha value is -1.43. The van der Waals surface area contributed by atoms with Gasteiger partial charge < -0.3 is 10.2 Å². The zero-order valence-corrected chi connectivity index (χ0v) is 11.8. The van der Waals surface area contributed by atoms with E-state index in [9.17, 15) is 4.79 Å². The molecule has 1 fully saturated rings. The first kappa shape index (κ1) is 14.0. The van der Waals surface area contributed by atoms with Crippen LogP contribution in [0.1, 0.15) is 42.6 Å². The lowest BCUT2D eigenvalue weighted by atomic mass is 9.97. The van der Waals surface area contributed by atoms with Crippen molar-refractivity contribution in [3.05, 3.63) is 11.6 Å². The van der Waals surface area contributed by atoms with E-state index >= 15 is 0 Å². The third kappa shape index (κ3) is 4.02. The molecule has 0 atom stereocenters. The number of likely N-dealkylation sites (tertiary alicyclic amines) is 1. The quantitative estimate of drug-likeness (QED) is 0.827. The fraction of sp³-hybridized carbons (Fsp3) is 0.769. The second-order valence-electron chi connectivity index (χ2n) is 5.31. The zero-order chi connectivity index (χ0) is 13.7. The van der Waals surface area contributed by atoms with Crippen molar-refractivity contribution in [1.29, 1.82) is 0 Å². The van der Waals surface area contributed by atoms with Gasteiger partial charge in [0.15, 0.2) is 0 Å². The van der Waals surface area contributed by atoms with E-state index in [2.05, 4.69) is 39.4 Å². The van der Waals surface area contributed by atoms with Gasteiger partial charge >= 0.3 is 0 Å². The van der Waals surface area contributed by atoms with Crippen molar-refractivity contribution in [2.45, 2.75) is 32.6 Å². The number of aryl methyl sites for hydroxylation is 1. The van der Waals surface area contributed by atoms with Crippen molar-refractivity contribution in [2.75, 3.05) is 26.7 Å². The minimum absolute atomic E-state index is 0.169. The number of aromatic nitrogens is 3. The van der Waals surface area contributed by atoms with Crippen molar-refractivity contribution < 1.29 is 4.79 Å². The van der Waals surface area contributed by atoms with Gasteiger partial charge in [-0.25, -0.2) is 4.98 Å². The first-order valence-corrected chi connectivity index (χ1v) is 7.07. The largest absolute Gasteiger partial charge is 0.349 e. The van der Waals surface area contributed by atoms with E-state index in [1.165, 1.54) is 0 Å². The number of H-pyrrole nitrogens is 1. The molecule has 2 rings (SSSR count). The topological polar surface area (TPSA) is 73.9 Å². The minimum atomic E-state index is -0.169. The van der Waals surface area contributed by atoms with Crippen molar-refractivity contribution in [3.63, 3.8) is 0 Å². The lowest BCUT2D eigenvalue weighted by Gasteiger charge is -2.28. The Bertz CT molecular complexity index is 409. The summed E-state index contributed by atoms with van der Waals surface area (Å²) >= 11 is 0. The molecule has 106 valence electrons. The van der Waals surface area contributed by atoms with E-state index in [1.807, 2.05) is 0 Å². The van der Waals surface area contributed by atoms with Gasteiger partial charge in [0.05, 0.1) is 0 Å². The number of carbonyl (C=O) groups is 1. The van der Waals surface area contributed by atoms with E-state index < -0.39 is 0 Å². The molecule has 0 aliphatic carbocycles. The Balaban J connectivity index is 1.77. The smallest absolute Gasteiger partial charge is 0.290 e. The van der Waals surface area contributed by atoms with Crippen LogP contribution in [0.2, 0.25) is 0 Å². The Morgan fingerprint density at radius 1 is 1.47 bits per heavy atom. The number of carbonyl (C=O) groups excluding carboxylic acids is 1. The number of nitrogens with one attached hydrogen (secondary N) is 2. The molecule has 6 heteroatoms. The van der Waals surface area contributed by atoms with Gasteiger partial charge in [0.2, 0.25) is 5.82 Å². The van der Waals surface area contributed by atoms with E-state index in [-0.39, 0.29) is 11.7 Å². The van der Waals surface area contributed by atoms with Gasteiger partial charge in [-0.1, -0.05) is 6.92 Å². The first-order valence-electron chi connectivity index (χ1n) is 7.07. The predicted octanol–water partition coefficient (Wildman–Crippen LogP) is 0.829. The Labute approximate surface area is 114 Å². The summed E-state index contributed by atoms with van der Waals surface area (Å²) in [6.07, 6.45) is 4.11. The van der Waals surface area contributed by atoms with Gasteiger partial charge in [-0.2, -0.15) is 0 Å². The average molecular weight is 265 g/mol. The summed E-state index contributed by atoms with van der Waals surface area (Å²) in [5.41, 5.74) is 0. The lowest BCUT2D eigenvalue weighted by molar-refractivity contribution is 0.0929. The van der Waals surface area contributed by atoms with Gasteiger partial charge in [0.25, 0.3) is 5.91 Å². The molecule has 2 heterocycles. The average Bonchev–Trinajstić information content (AvgIpc) is 2.87. The van der Waals surface area contributed by atoms with Crippen molar-refractivity contribution in [3.8, 4) is 0 Å². The molecule has 1 aromatic heterocycles. The molecule has 0 bridgehead atoms. The SMILES string of the molecule is CCCc1nc(C(=O)NCC2CCN(C)CC2)n[nH]1. The van der Waals surface area contributed by atoms with Crippen molar-refractivity contribution in [1.82, 2.24) is 25.4 Å². The molecule has 0 radical (unpaired) electrons. The van der Waals surface area contributed by atoms with Gasteiger partial charge in [0, 0.05) is 13.0 Å². The van der Waals surface area contributed by atoms with Crippen molar-refractivity contribution in [2.24, 2.45) is 5.92 Å². The molecule has 2 N–H and O–H groups in total. The second-order valence-corrected chi connectivity index (χ2v) is 5.31. The highest BCUT2D eigenvalue weighted by Crippen LogP contribution is 2.14. The Kier molecular flexibility index (Phi) is 4.90. The summed E-state index contributed by atoms with van der Waals surface area (Å²) in [6, 6.07) is 0. The molecule has 1 saturated heterocycles. The molecule has 19 heavy (non-hydrogen) atoms. The maximum Gasteiger partial charge on any atom is 0.290 e. The first-order chi connectivity index (χ1) is 9.19. The Morgan fingerprint density at radius 3 is 2.89 bits per heavy atom. The number of amides is 1. The van der Waals surface area contributed by atoms with Crippen LogP contribution < -0.4 is 5.32 Å². The molecule has 0 unspecified atom stereocenters. The summed E-state index contributed by atoms with van der Waals surface area (Å²) in [5, 5.41) is 9.69. The molecule has 1 aliphatic rings. The summed E-state index contributed by atoms with van der Waals surface area (Å²) in [7, 11) is 2.14. The number of hydrogen-bond donors (Lipinski definition) is 2. The number of piperidine rings is 1. The molecular weight excluding hydrogens is 242 g/mol. The van der Waals surface area contributed by atoms with Crippen LogP contribution in [0.3, 0.4) is 0 Å². The van der Waals surface area contributed by atoms with Gasteiger partial charge in [-0.3, -0.25) is 9.89 Å². The summed E-state index contributed by atoms with van der Waals surface area (Å²) in [6.45, 7) is 5.02. The van der Waals surface area contributed by atoms with E-state index in [1.54, 1.807) is 0 Å². The molecule has 1 amide bonds. The maximum atomic E-state index is 11.9. The van der Waals surface area contributed by atoms with E-state index in [4.69, 9.17) is 0 Å². The van der Waals surface area contributed by atoms with Crippen LogP contribution in [0.25, 0.3) is 0 Å². The van der Waals surface area contributed by atoms with E-state index in [0.717, 1.165) is 51.1 Å². The maximum absolute atomic E-state index is 11.9. The van der Waals surface area contributed by atoms with Crippen LogP contribution in [-0.2, 0) is 6.42 Å². The summed E-state index contributed by atoms with van der Waals surface area (Å²) in [4.78, 5) is 18.4. The Morgan fingerprint density at radius 2 is 2.21 bits per heavy atom. The highest BCUT2D eigenvalue weighted by atomic mass is 16.2. The zero-order valence-electron chi connectivity index (χ0n) is 11.8. The molecule has 0 aromatic carbocycles. The number of rotatable bonds is 5. The number of hydrogen-bond acceptors (Lipinski definition) is 4. The second kappa shape index (κ2) is 6.65. The molecule has 0 saturated carbocycles. The third-order valence-corrected chi connectivity index (χ3v) is 3.61. The minimum Gasteiger partial charge on any atom is -0.349 e. The molecule has 6 nitrogen and oxygen atoms in total. The molecule has 1 aromatic rings. The van der Waals surface area contributed by atoms with Crippen LogP contribution in [0.5, 0.6) is 0 Å².